The number of hydrogen-bond acceptors (Lipinski definition) is 1. The first-order chi connectivity index (χ1) is 10.4. The molecule has 0 aliphatic heterocycles. The van der Waals surface area contributed by atoms with Gasteiger partial charge in [-0.3, -0.25) is 4.57 Å². The lowest BCUT2D eigenvalue weighted by Gasteiger charge is -2.41. The molecule has 0 bridgehead atoms. The van der Waals surface area contributed by atoms with E-state index in [9.17, 15) is 61.6 Å². The summed E-state index contributed by atoms with van der Waals surface area (Å²) in [5.74, 6) is -38.6. The molecule has 0 aliphatic rings. The zero-order valence-electron chi connectivity index (χ0n) is 11.2. The Kier molecular flexibility index (Phi) is 5.69. The normalized spacial score (nSPS) is 17.6. The lowest BCUT2D eigenvalue weighted by molar-refractivity contribution is -0.439. The van der Waals surface area contributed by atoms with Crippen molar-refractivity contribution in [3.63, 3.8) is 0 Å². The van der Waals surface area contributed by atoms with Gasteiger partial charge in [-0.1, -0.05) is 0 Å². The van der Waals surface area contributed by atoms with Crippen molar-refractivity contribution in [2.24, 2.45) is 0 Å². The van der Waals surface area contributed by atoms with Crippen LogP contribution in [0, 0.1) is 0 Å². The number of hydrogen-bond donors (Lipinski definition) is 2. The van der Waals surface area contributed by atoms with Crippen molar-refractivity contribution in [1.29, 1.82) is 0 Å². The highest BCUT2D eigenvalue weighted by atomic mass is 31.2. The summed E-state index contributed by atoms with van der Waals surface area (Å²) in [5, 5.41) is 0. The smallest absolute Gasteiger partial charge is 0.324 e. The van der Waals surface area contributed by atoms with Crippen LogP contribution in [0.15, 0.2) is 0 Å². The van der Waals surface area contributed by atoms with E-state index in [2.05, 4.69) is 0 Å². The van der Waals surface area contributed by atoms with Crippen LogP contribution in [-0.2, 0) is 4.57 Å². The molecular weight excluding hydrogens is 422 g/mol. The summed E-state index contributed by atoms with van der Waals surface area (Å²) in [7, 11) is -6.39. The maximum absolute atomic E-state index is 13.2. The molecule has 0 saturated heterocycles. The SMILES string of the molecule is CC(C(F)(F)C(F)(F)C(F)(F)C(F)(F)C(F)(F)C(F)(F)F)P(=O)(O)O. The second-order valence-corrected chi connectivity index (χ2v) is 6.64. The van der Waals surface area contributed by atoms with E-state index in [1.54, 1.807) is 0 Å². The fourth-order valence-corrected chi connectivity index (χ4v) is 1.84. The third-order valence-corrected chi connectivity index (χ3v) is 4.32. The van der Waals surface area contributed by atoms with E-state index in [1.165, 1.54) is 0 Å². The standard InChI is InChI=1S/C8H6F13O3P/c1-2(25(22,23)24)3(9,10)4(11,12)5(13,14)6(15,16)7(17,18)8(19,20)21/h2H,1H3,(H2,22,23,24). The first-order valence-corrected chi connectivity index (χ1v) is 7.10. The summed E-state index contributed by atoms with van der Waals surface area (Å²) in [6.07, 6.45) is -7.54. The van der Waals surface area contributed by atoms with Gasteiger partial charge in [-0.15, -0.1) is 0 Å². The zero-order valence-corrected chi connectivity index (χ0v) is 12.1. The minimum atomic E-state index is -8.10. The van der Waals surface area contributed by atoms with E-state index in [0.717, 1.165) is 0 Å². The molecule has 0 fully saturated rings. The van der Waals surface area contributed by atoms with Gasteiger partial charge in [0.2, 0.25) is 0 Å². The van der Waals surface area contributed by atoms with Gasteiger partial charge in [0.05, 0.1) is 0 Å². The first kappa shape index (κ1) is 24.2. The molecule has 0 spiro atoms. The molecule has 2 N–H and O–H groups in total. The molecule has 0 saturated carbocycles. The number of halogens is 13. The van der Waals surface area contributed by atoms with E-state index in [-0.39, 0.29) is 0 Å². The van der Waals surface area contributed by atoms with Gasteiger partial charge in [-0.25, -0.2) is 0 Å². The van der Waals surface area contributed by atoms with E-state index >= 15 is 0 Å². The monoisotopic (exact) mass is 428 g/mol. The molecule has 152 valence electrons. The van der Waals surface area contributed by atoms with Gasteiger partial charge in [-0.05, 0) is 6.92 Å². The van der Waals surface area contributed by atoms with Crippen LogP contribution in [0.1, 0.15) is 6.92 Å². The molecule has 0 aliphatic carbocycles. The molecule has 25 heavy (non-hydrogen) atoms. The number of alkyl halides is 13. The molecule has 17 heteroatoms. The second-order valence-electron chi connectivity index (χ2n) is 4.68. The van der Waals surface area contributed by atoms with Crippen molar-refractivity contribution in [3.05, 3.63) is 0 Å². The zero-order chi connectivity index (χ0) is 21.1. The summed E-state index contributed by atoms with van der Waals surface area (Å²) in [5.41, 5.74) is -4.13. The van der Waals surface area contributed by atoms with Gasteiger partial charge < -0.3 is 9.79 Å². The summed E-state index contributed by atoms with van der Waals surface area (Å²) in [4.78, 5) is 16.6. The highest BCUT2D eigenvalue weighted by Gasteiger charge is 2.91. The van der Waals surface area contributed by atoms with Crippen LogP contribution in [0.4, 0.5) is 57.1 Å². The molecule has 0 amide bonds. The van der Waals surface area contributed by atoms with Gasteiger partial charge >= 0.3 is 43.4 Å². The third-order valence-electron chi connectivity index (χ3n) is 2.99. The first-order valence-electron chi connectivity index (χ1n) is 5.41. The van der Waals surface area contributed by atoms with Gasteiger partial charge in [0.1, 0.15) is 5.66 Å². The molecule has 0 aromatic carbocycles. The lowest BCUT2D eigenvalue weighted by Crippen LogP contribution is -2.71. The molecule has 1 unspecified atom stereocenters. The van der Waals surface area contributed by atoms with Crippen molar-refractivity contribution in [2.45, 2.75) is 48.4 Å². The Morgan fingerprint density at radius 3 is 1.16 bits per heavy atom. The summed E-state index contributed by atoms with van der Waals surface area (Å²) in [6, 6.07) is 0. The van der Waals surface area contributed by atoms with Crippen molar-refractivity contribution < 1.29 is 71.4 Å². The average Bonchev–Trinajstić information content (AvgIpc) is 2.34. The predicted molar refractivity (Wildman–Crippen MR) is 52.3 cm³/mol. The van der Waals surface area contributed by atoms with Crippen molar-refractivity contribution in [3.8, 4) is 0 Å². The average molecular weight is 428 g/mol. The minimum Gasteiger partial charge on any atom is -0.324 e. The van der Waals surface area contributed by atoms with Gasteiger partial charge in [-0.2, -0.15) is 57.1 Å². The fourth-order valence-electron chi connectivity index (χ4n) is 1.26. The van der Waals surface area contributed by atoms with Crippen molar-refractivity contribution >= 4 is 7.60 Å². The van der Waals surface area contributed by atoms with Crippen LogP contribution in [0.2, 0.25) is 0 Å². The molecule has 3 nitrogen and oxygen atoms in total. The Hall–Kier alpha value is -0.760. The maximum Gasteiger partial charge on any atom is 0.460 e. The molecule has 1 atom stereocenters. The summed E-state index contributed by atoms with van der Waals surface area (Å²) in [6.45, 7) is -0.523. The molecular formula is C8H6F13O3P. The summed E-state index contributed by atoms with van der Waals surface area (Å²) < 4.78 is 175. The van der Waals surface area contributed by atoms with Gasteiger partial charge in [0, 0.05) is 0 Å². The molecule has 0 aromatic rings. The minimum absolute atomic E-state index is 0.523. The number of rotatable bonds is 6. The van der Waals surface area contributed by atoms with Crippen LogP contribution in [0.25, 0.3) is 0 Å². The van der Waals surface area contributed by atoms with E-state index < -0.39 is 56.0 Å². The Bertz CT molecular complexity index is 548. The largest absolute Gasteiger partial charge is 0.460 e. The van der Waals surface area contributed by atoms with Gasteiger partial charge in [0.15, 0.2) is 0 Å². The molecule has 0 heterocycles. The Morgan fingerprint density at radius 1 is 0.640 bits per heavy atom. The molecule has 0 aromatic heterocycles. The fraction of sp³-hybridized carbons (Fsp3) is 1.00. The van der Waals surface area contributed by atoms with Gasteiger partial charge in [0.25, 0.3) is 0 Å². The van der Waals surface area contributed by atoms with Crippen molar-refractivity contribution in [2.75, 3.05) is 0 Å². The topological polar surface area (TPSA) is 57.5 Å². The molecule has 0 radical (unpaired) electrons. The highest BCUT2D eigenvalue weighted by molar-refractivity contribution is 7.52. The van der Waals surface area contributed by atoms with E-state index in [4.69, 9.17) is 9.79 Å². The van der Waals surface area contributed by atoms with Crippen LogP contribution < -0.4 is 0 Å². The van der Waals surface area contributed by atoms with Crippen LogP contribution >= 0.6 is 7.60 Å². The van der Waals surface area contributed by atoms with Crippen LogP contribution in [0.3, 0.4) is 0 Å². The van der Waals surface area contributed by atoms with E-state index in [1.807, 2.05) is 0 Å². The lowest BCUT2D eigenvalue weighted by atomic mass is 9.93. The predicted octanol–water partition coefficient (Wildman–Crippen LogP) is 4.29. The van der Waals surface area contributed by atoms with E-state index in [0.29, 0.717) is 0 Å². The van der Waals surface area contributed by atoms with Crippen LogP contribution in [-0.4, -0.2) is 51.2 Å². The quantitative estimate of drug-likeness (QED) is 0.491. The highest BCUT2D eigenvalue weighted by Crippen LogP contribution is 2.63. The maximum atomic E-state index is 13.2. The Labute approximate surface area is 128 Å². The summed E-state index contributed by atoms with van der Waals surface area (Å²) >= 11 is 0. The Morgan fingerprint density at radius 2 is 0.920 bits per heavy atom. The second kappa shape index (κ2) is 5.87. The Balaban J connectivity index is 6.45. The van der Waals surface area contributed by atoms with Crippen molar-refractivity contribution in [1.82, 2.24) is 0 Å². The molecule has 0 rings (SSSR count). The van der Waals surface area contributed by atoms with Crippen LogP contribution in [0.5, 0.6) is 0 Å². The third kappa shape index (κ3) is 3.31.